The maximum absolute atomic E-state index is 5.96. The number of ether oxygens (including phenoxy) is 1. The van der Waals surface area contributed by atoms with Gasteiger partial charge in [-0.3, -0.25) is 0 Å². The van der Waals surface area contributed by atoms with Gasteiger partial charge in [0.15, 0.2) is 0 Å². The van der Waals surface area contributed by atoms with Crippen molar-refractivity contribution < 1.29 is 4.74 Å². The molecule has 1 fully saturated rings. The normalized spacial score (nSPS) is 16.8. The molecule has 0 spiro atoms. The third-order valence-electron chi connectivity index (χ3n) is 4.49. The number of benzene rings is 2. The first-order valence-electron chi connectivity index (χ1n) is 7.05. The van der Waals surface area contributed by atoms with Crippen LogP contribution in [0, 0.1) is 20.8 Å². The molecule has 0 atom stereocenters. The molecule has 0 aromatic heterocycles. The molecule has 2 aromatic carbocycles. The number of nitrogen functional groups attached to an aromatic ring is 1. The summed E-state index contributed by atoms with van der Waals surface area (Å²) in [7, 11) is 0. The Labute approximate surface area is 120 Å². The summed E-state index contributed by atoms with van der Waals surface area (Å²) in [6.07, 6.45) is 0. The molecule has 2 aromatic rings. The molecule has 20 heavy (non-hydrogen) atoms. The van der Waals surface area contributed by atoms with Crippen molar-refractivity contribution in [1.82, 2.24) is 0 Å². The van der Waals surface area contributed by atoms with Gasteiger partial charge in [0.25, 0.3) is 0 Å². The minimum Gasteiger partial charge on any atom is -0.399 e. The van der Waals surface area contributed by atoms with E-state index in [0.717, 1.165) is 18.9 Å². The fourth-order valence-corrected chi connectivity index (χ4v) is 3.10. The largest absolute Gasteiger partial charge is 0.399 e. The number of hydrogen-bond donors (Lipinski definition) is 1. The Morgan fingerprint density at radius 3 is 2.25 bits per heavy atom. The second-order valence-corrected chi connectivity index (χ2v) is 5.95. The van der Waals surface area contributed by atoms with Gasteiger partial charge in [-0.25, -0.2) is 0 Å². The van der Waals surface area contributed by atoms with Gasteiger partial charge in [0.05, 0.1) is 18.6 Å². The molecular weight excluding hydrogens is 246 g/mol. The van der Waals surface area contributed by atoms with Gasteiger partial charge in [-0.05, 0) is 60.7 Å². The first-order chi connectivity index (χ1) is 9.53. The van der Waals surface area contributed by atoms with Crippen LogP contribution in [0.15, 0.2) is 36.4 Å². The zero-order valence-corrected chi connectivity index (χ0v) is 12.4. The lowest BCUT2D eigenvalue weighted by Crippen LogP contribution is -2.48. The van der Waals surface area contributed by atoms with Gasteiger partial charge in [-0.1, -0.05) is 24.3 Å². The van der Waals surface area contributed by atoms with E-state index < -0.39 is 0 Å². The highest BCUT2D eigenvalue weighted by atomic mass is 16.5. The van der Waals surface area contributed by atoms with Crippen LogP contribution in [0.5, 0.6) is 0 Å². The van der Waals surface area contributed by atoms with Crippen molar-refractivity contribution in [2.75, 3.05) is 18.9 Å². The summed E-state index contributed by atoms with van der Waals surface area (Å²) >= 11 is 0. The smallest absolute Gasteiger partial charge is 0.0673 e. The van der Waals surface area contributed by atoms with Gasteiger partial charge in [0, 0.05) is 5.69 Å². The third-order valence-corrected chi connectivity index (χ3v) is 4.49. The fourth-order valence-electron chi connectivity index (χ4n) is 3.10. The van der Waals surface area contributed by atoms with E-state index in [-0.39, 0.29) is 5.41 Å². The topological polar surface area (TPSA) is 35.2 Å². The summed E-state index contributed by atoms with van der Waals surface area (Å²) in [6.45, 7) is 8.00. The number of aryl methyl sites for hydroxylation is 3. The molecule has 0 radical (unpaired) electrons. The second-order valence-electron chi connectivity index (χ2n) is 5.95. The molecule has 104 valence electrons. The lowest BCUT2D eigenvalue weighted by molar-refractivity contribution is -0.0382. The van der Waals surface area contributed by atoms with E-state index in [2.05, 4.69) is 45.0 Å². The number of hydrogen-bond acceptors (Lipinski definition) is 2. The van der Waals surface area contributed by atoms with E-state index in [4.69, 9.17) is 10.5 Å². The van der Waals surface area contributed by atoms with Crippen LogP contribution >= 0.6 is 0 Å². The van der Waals surface area contributed by atoms with Crippen molar-refractivity contribution in [3.8, 4) is 0 Å². The molecule has 0 amide bonds. The third kappa shape index (κ3) is 1.92. The molecule has 3 rings (SSSR count). The molecule has 2 nitrogen and oxygen atoms in total. The van der Waals surface area contributed by atoms with Crippen LogP contribution in [0.2, 0.25) is 0 Å². The SMILES string of the molecule is Cc1cc(C)c(C2(c3cccc(N)c3)COC2)cc1C. The van der Waals surface area contributed by atoms with Gasteiger partial charge in [0.1, 0.15) is 0 Å². The monoisotopic (exact) mass is 267 g/mol. The minimum absolute atomic E-state index is 0.0298. The highest BCUT2D eigenvalue weighted by Gasteiger charge is 2.43. The van der Waals surface area contributed by atoms with E-state index >= 15 is 0 Å². The van der Waals surface area contributed by atoms with E-state index in [0.29, 0.717) is 0 Å². The molecule has 1 heterocycles. The van der Waals surface area contributed by atoms with E-state index in [1.807, 2.05) is 12.1 Å². The zero-order valence-electron chi connectivity index (χ0n) is 12.4. The van der Waals surface area contributed by atoms with Crippen LogP contribution in [-0.2, 0) is 10.2 Å². The van der Waals surface area contributed by atoms with Crippen LogP contribution in [0.1, 0.15) is 27.8 Å². The minimum atomic E-state index is -0.0298. The summed E-state index contributed by atoms with van der Waals surface area (Å²) < 4.78 is 5.57. The van der Waals surface area contributed by atoms with Gasteiger partial charge in [-0.15, -0.1) is 0 Å². The molecule has 0 aliphatic carbocycles. The molecule has 0 saturated carbocycles. The van der Waals surface area contributed by atoms with Crippen molar-refractivity contribution in [2.24, 2.45) is 0 Å². The fraction of sp³-hybridized carbons (Fsp3) is 0.333. The van der Waals surface area contributed by atoms with Crippen LogP contribution in [0.4, 0.5) is 5.69 Å². The number of rotatable bonds is 2. The Hall–Kier alpha value is -1.80. The molecule has 2 heteroatoms. The zero-order chi connectivity index (χ0) is 14.3. The molecule has 1 aliphatic rings. The summed E-state index contributed by atoms with van der Waals surface area (Å²) in [4.78, 5) is 0. The van der Waals surface area contributed by atoms with Crippen LogP contribution < -0.4 is 5.73 Å². The predicted octanol–water partition coefficient (Wildman–Crippen LogP) is 3.51. The summed E-state index contributed by atoms with van der Waals surface area (Å²) in [6, 6.07) is 12.8. The Kier molecular flexibility index (Phi) is 3.06. The van der Waals surface area contributed by atoms with Gasteiger partial charge in [0.2, 0.25) is 0 Å². The average molecular weight is 267 g/mol. The van der Waals surface area contributed by atoms with E-state index in [9.17, 15) is 0 Å². The maximum Gasteiger partial charge on any atom is 0.0673 e. The first kappa shape index (κ1) is 13.2. The maximum atomic E-state index is 5.96. The van der Waals surface area contributed by atoms with Gasteiger partial charge >= 0.3 is 0 Å². The van der Waals surface area contributed by atoms with Crippen LogP contribution in [0.25, 0.3) is 0 Å². The van der Waals surface area contributed by atoms with Crippen molar-refractivity contribution in [1.29, 1.82) is 0 Å². The lowest BCUT2D eigenvalue weighted by Gasteiger charge is -2.43. The molecule has 0 bridgehead atoms. The Bertz CT molecular complexity index is 656. The predicted molar refractivity (Wildman–Crippen MR) is 83.1 cm³/mol. The summed E-state index contributed by atoms with van der Waals surface area (Å²) in [5.74, 6) is 0. The molecule has 2 N–H and O–H groups in total. The van der Waals surface area contributed by atoms with E-state index in [1.54, 1.807) is 0 Å². The molecule has 1 aliphatic heterocycles. The molecule has 1 saturated heterocycles. The highest BCUT2D eigenvalue weighted by Crippen LogP contribution is 2.41. The van der Waals surface area contributed by atoms with Gasteiger partial charge < -0.3 is 10.5 Å². The highest BCUT2D eigenvalue weighted by molar-refractivity contribution is 5.52. The van der Waals surface area contributed by atoms with Crippen molar-refractivity contribution in [3.63, 3.8) is 0 Å². The van der Waals surface area contributed by atoms with Crippen LogP contribution in [-0.4, -0.2) is 13.2 Å². The second kappa shape index (κ2) is 4.64. The summed E-state index contributed by atoms with van der Waals surface area (Å²) in [5.41, 5.74) is 13.4. The Morgan fingerprint density at radius 1 is 0.950 bits per heavy atom. The quantitative estimate of drug-likeness (QED) is 0.845. The number of anilines is 1. The number of nitrogens with two attached hydrogens (primary N) is 1. The van der Waals surface area contributed by atoms with Crippen molar-refractivity contribution in [2.45, 2.75) is 26.2 Å². The van der Waals surface area contributed by atoms with Crippen molar-refractivity contribution >= 4 is 5.69 Å². The summed E-state index contributed by atoms with van der Waals surface area (Å²) in [5, 5.41) is 0. The average Bonchev–Trinajstić information content (AvgIpc) is 2.34. The Balaban J connectivity index is 2.17. The molecule has 0 unspecified atom stereocenters. The van der Waals surface area contributed by atoms with Gasteiger partial charge in [-0.2, -0.15) is 0 Å². The molecular formula is C18H21NO. The standard InChI is InChI=1S/C18H21NO/c1-12-7-14(3)17(8-13(12)2)18(10-20-11-18)15-5-4-6-16(19)9-15/h4-9H,10-11,19H2,1-3H3. The Morgan fingerprint density at radius 2 is 1.65 bits per heavy atom. The van der Waals surface area contributed by atoms with E-state index in [1.165, 1.54) is 27.8 Å². The van der Waals surface area contributed by atoms with Crippen molar-refractivity contribution in [3.05, 3.63) is 64.2 Å². The first-order valence-corrected chi connectivity index (χ1v) is 7.05. The van der Waals surface area contributed by atoms with Crippen LogP contribution in [0.3, 0.4) is 0 Å². The lowest BCUT2D eigenvalue weighted by atomic mass is 9.70.